The number of fused-ring (bicyclic) bond motifs is 1. The topological polar surface area (TPSA) is 92.3 Å². The quantitative estimate of drug-likeness (QED) is 0.695. The Morgan fingerprint density at radius 3 is 2.83 bits per heavy atom. The molecule has 0 fully saturated rings. The van der Waals surface area contributed by atoms with Crippen LogP contribution < -0.4 is 5.32 Å². The Bertz CT molecular complexity index is 973. The Labute approximate surface area is 146 Å². The lowest BCUT2D eigenvalue weighted by Crippen LogP contribution is -2.02. The van der Waals surface area contributed by atoms with Crippen molar-refractivity contribution in [2.45, 2.75) is 6.92 Å². The summed E-state index contributed by atoms with van der Waals surface area (Å²) in [6.45, 7) is 1.78. The molecule has 3 rings (SSSR count). The average Bonchev–Trinajstić information content (AvgIpc) is 2.93. The van der Waals surface area contributed by atoms with Crippen LogP contribution in [0.2, 0.25) is 0 Å². The molecule has 0 radical (unpaired) electrons. The van der Waals surface area contributed by atoms with Gasteiger partial charge >= 0.3 is 5.97 Å². The van der Waals surface area contributed by atoms with Crippen LogP contribution in [-0.2, 0) is 4.74 Å². The number of ether oxygens (including phenoxy) is 1. The van der Waals surface area contributed by atoms with Gasteiger partial charge in [0, 0.05) is 16.9 Å². The fourth-order valence-electron chi connectivity index (χ4n) is 2.39. The summed E-state index contributed by atoms with van der Waals surface area (Å²) < 4.78 is 7.18. The number of nitriles is 1. The summed E-state index contributed by atoms with van der Waals surface area (Å²) >= 11 is 3.33. The number of esters is 1. The molecule has 0 aromatic carbocycles. The third-order valence-corrected chi connectivity index (χ3v) is 4.03. The number of halogens is 1. The van der Waals surface area contributed by atoms with E-state index in [-0.39, 0.29) is 0 Å². The molecule has 3 aromatic rings. The van der Waals surface area contributed by atoms with Gasteiger partial charge in [-0.2, -0.15) is 10.4 Å². The molecule has 3 heterocycles. The molecular formula is C16H12BrN5O2. The maximum Gasteiger partial charge on any atom is 0.339 e. The van der Waals surface area contributed by atoms with Crippen LogP contribution in [0.5, 0.6) is 0 Å². The van der Waals surface area contributed by atoms with Crippen molar-refractivity contribution in [3.63, 3.8) is 0 Å². The Kier molecular flexibility index (Phi) is 4.18. The van der Waals surface area contributed by atoms with Crippen molar-refractivity contribution in [3.05, 3.63) is 51.9 Å². The number of hydrogen-bond acceptors (Lipinski definition) is 6. The van der Waals surface area contributed by atoms with Crippen LogP contribution in [0.25, 0.3) is 5.52 Å². The maximum absolute atomic E-state index is 11.9. The second-order valence-corrected chi connectivity index (χ2v) is 5.90. The van der Waals surface area contributed by atoms with Crippen molar-refractivity contribution in [1.82, 2.24) is 14.6 Å². The number of hydrogen-bond donors (Lipinski definition) is 1. The van der Waals surface area contributed by atoms with Gasteiger partial charge in [0.05, 0.1) is 35.6 Å². The van der Waals surface area contributed by atoms with Gasteiger partial charge in [0.2, 0.25) is 0 Å². The van der Waals surface area contributed by atoms with Gasteiger partial charge < -0.3 is 10.1 Å². The van der Waals surface area contributed by atoms with Gasteiger partial charge in [0.15, 0.2) is 0 Å². The van der Waals surface area contributed by atoms with Crippen LogP contribution in [0.3, 0.4) is 0 Å². The second-order valence-electron chi connectivity index (χ2n) is 4.98. The first kappa shape index (κ1) is 16.0. The summed E-state index contributed by atoms with van der Waals surface area (Å²) in [5.74, 6) is 0.118. The molecule has 0 spiro atoms. The van der Waals surface area contributed by atoms with Gasteiger partial charge in [-0.25, -0.2) is 14.3 Å². The minimum atomic E-state index is -0.454. The normalized spacial score (nSPS) is 10.4. The zero-order chi connectivity index (χ0) is 17.3. The highest BCUT2D eigenvalue weighted by Gasteiger charge is 2.20. The van der Waals surface area contributed by atoms with E-state index in [1.807, 2.05) is 6.07 Å². The number of rotatable bonds is 3. The SMILES string of the molecule is COC(=O)c1cn2ncc(C#N)c(Nc3ccc(Br)cn3)c2c1C. The largest absolute Gasteiger partial charge is 0.465 e. The number of carbonyl (C=O) groups excluding carboxylic acids is 1. The highest BCUT2D eigenvalue weighted by atomic mass is 79.9. The molecule has 3 aromatic heterocycles. The van der Waals surface area contributed by atoms with Gasteiger partial charge in [-0.3, -0.25) is 0 Å². The minimum Gasteiger partial charge on any atom is -0.465 e. The van der Waals surface area contributed by atoms with Crippen molar-refractivity contribution in [2.24, 2.45) is 0 Å². The van der Waals surface area contributed by atoms with E-state index in [9.17, 15) is 10.1 Å². The van der Waals surface area contributed by atoms with Gasteiger partial charge in [-0.1, -0.05) is 0 Å². The fourth-order valence-corrected chi connectivity index (χ4v) is 2.63. The summed E-state index contributed by atoms with van der Waals surface area (Å²) in [5, 5.41) is 16.7. The standard InChI is InChI=1S/C16H12BrN5O2/c1-9-12(16(23)24-2)8-22-15(9)14(10(5-18)6-20-22)21-13-4-3-11(17)7-19-13/h3-4,6-8H,1-2H3,(H,19,21). The Hall–Kier alpha value is -2.92. The molecule has 1 N–H and O–H groups in total. The van der Waals surface area contributed by atoms with Crippen molar-refractivity contribution in [2.75, 3.05) is 12.4 Å². The lowest BCUT2D eigenvalue weighted by Gasteiger charge is -2.10. The van der Waals surface area contributed by atoms with Gasteiger partial charge in [0.1, 0.15) is 11.9 Å². The van der Waals surface area contributed by atoms with Crippen LogP contribution in [0.1, 0.15) is 21.5 Å². The number of carbonyl (C=O) groups is 1. The van der Waals surface area contributed by atoms with Crippen LogP contribution >= 0.6 is 15.9 Å². The number of aryl methyl sites for hydroxylation is 1. The molecule has 8 heteroatoms. The zero-order valence-corrected chi connectivity index (χ0v) is 14.5. The lowest BCUT2D eigenvalue weighted by molar-refractivity contribution is 0.0600. The predicted molar refractivity (Wildman–Crippen MR) is 91.2 cm³/mol. The van der Waals surface area contributed by atoms with Gasteiger partial charge in [-0.15, -0.1) is 0 Å². The molecule has 0 unspecified atom stereocenters. The summed E-state index contributed by atoms with van der Waals surface area (Å²) in [4.78, 5) is 16.2. The van der Waals surface area contributed by atoms with E-state index < -0.39 is 5.97 Å². The smallest absolute Gasteiger partial charge is 0.339 e. The Morgan fingerprint density at radius 1 is 1.42 bits per heavy atom. The van der Waals surface area contributed by atoms with E-state index in [0.29, 0.717) is 33.7 Å². The molecule has 0 saturated heterocycles. The van der Waals surface area contributed by atoms with Crippen LogP contribution in [-0.4, -0.2) is 27.7 Å². The van der Waals surface area contributed by atoms with E-state index in [1.165, 1.54) is 13.3 Å². The van der Waals surface area contributed by atoms with Gasteiger partial charge in [0.25, 0.3) is 0 Å². The maximum atomic E-state index is 11.9. The first-order valence-corrected chi connectivity index (χ1v) is 7.72. The number of anilines is 2. The second kappa shape index (κ2) is 6.29. The van der Waals surface area contributed by atoms with E-state index in [0.717, 1.165) is 4.47 Å². The van der Waals surface area contributed by atoms with Crippen molar-refractivity contribution >= 4 is 38.9 Å². The summed E-state index contributed by atoms with van der Waals surface area (Å²) in [7, 11) is 1.32. The number of nitrogens with one attached hydrogen (secondary N) is 1. The number of methoxy groups -OCH3 is 1. The summed E-state index contributed by atoms with van der Waals surface area (Å²) in [6, 6.07) is 5.72. The highest BCUT2D eigenvalue weighted by molar-refractivity contribution is 9.10. The van der Waals surface area contributed by atoms with Gasteiger partial charge in [-0.05, 0) is 40.5 Å². The fraction of sp³-hybridized carbons (Fsp3) is 0.125. The van der Waals surface area contributed by atoms with Crippen LogP contribution in [0, 0.1) is 18.3 Å². The first-order chi connectivity index (χ1) is 11.5. The molecule has 0 aliphatic heterocycles. The van der Waals surface area contributed by atoms with Crippen LogP contribution in [0.15, 0.2) is 35.2 Å². The molecular weight excluding hydrogens is 374 g/mol. The van der Waals surface area contributed by atoms with Crippen molar-refractivity contribution in [3.8, 4) is 6.07 Å². The highest BCUT2D eigenvalue weighted by Crippen LogP contribution is 2.30. The zero-order valence-electron chi connectivity index (χ0n) is 12.9. The molecule has 0 saturated carbocycles. The molecule has 24 heavy (non-hydrogen) atoms. The van der Waals surface area contributed by atoms with E-state index >= 15 is 0 Å². The molecule has 0 bridgehead atoms. The third kappa shape index (κ3) is 2.70. The Morgan fingerprint density at radius 2 is 2.21 bits per heavy atom. The predicted octanol–water partition coefficient (Wildman–Crippen LogP) is 3.20. The van der Waals surface area contributed by atoms with E-state index in [1.54, 1.807) is 29.9 Å². The van der Waals surface area contributed by atoms with Crippen LogP contribution in [0.4, 0.5) is 11.5 Å². The number of pyridine rings is 1. The third-order valence-electron chi connectivity index (χ3n) is 3.56. The minimum absolute atomic E-state index is 0.352. The first-order valence-electron chi connectivity index (χ1n) is 6.93. The number of nitrogens with zero attached hydrogens (tertiary/aromatic N) is 4. The molecule has 0 aliphatic carbocycles. The molecule has 7 nitrogen and oxygen atoms in total. The molecule has 0 aliphatic rings. The molecule has 0 atom stereocenters. The Balaban J connectivity index is 2.20. The summed E-state index contributed by atoms with van der Waals surface area (Å²) in [5.41, 5.74) is 2.58. The van der Waals surface area contributed by atoms with E-state index in [4.69, 9.17) is 4.74 Å². The molecule has 0 amide bonds. The van der Waals surface area contributed by atoms with Crippen molar-refractivity contribution in [1.29, 1.82) is 5.26 Å². The monoisotopic (exact) mass is 385 g/mol. The summed E-state index contributed by atoms with van der Waals surface area (Å²) in [6.07, 6.45) is 4.67. The number of aromatic nitrogens is 3. The lowest BCUT2D eigenvalue weighted by atomic mass is 10.1. The molecule has 120 valence electrons. The van der Waals surface area contributed by atoms with E-state index in [2.05, 4.69) is 37.4 Å². The van der Waals surface area contributed by atoms with Crippen molar-refractivity contribution < 1.29 is 9.53 Å². The average molecular weight is 386 g/mol.